The molecule has 130 valence electrons. The largest absolute Gasteiger partial charge is 0.493 e. The summed E-state index contributed by atoms with van der Waals surface area (Å²) in [6, 6.07) is 9.00. The lowest BCUT2D eigenvalue weighted by atomic mass is 10.1. The van der Waals surface area contributed by atoms with Gasteiger partial charge in [0.25, 0.3) is 0 Å². The van der Waals surface area contributed by atoms with Crippen molar-refractivity contribution >= 4 is 11.9 Å². The van der Waals surface area contributed by atoms with Gasteiger partial charge in [0.15, 0.2) is 17.3 Å². The third-order valence-electron chi connectivity index (χ3n) is 4.06. The molecule has 0 saturated carbocycles. The van der Waals surface area contributed by atoms with Gasteiger partial charge in [0.05, 0.1) is 26.4 Å². The van der Waals surface area contributed by atoms with Crippen LogP contribution in [0.3, 0.4) is 0 Å². The van der Waals surface area contributed by atoms with E-state index in [0.29, 0.717) is 40.7 Å². The highest BCUT2D eigenvalue weighted by molar-refractivity contribution is 6.15. The minimum atomic E-state index is -0.161. The summed E-state index contributed by atoms with van der Waals surface area (Å²) in [5, 5.41) is 0. The summed E-state index contributed by atoms with van der Waals surface area (Å²) < 4.78 is 22.1. The van der Waals surface area contributed by atoms with Crippen molar-refractivity contribution in [3.8, 4) is 23.0 Å². The lowest BCUT2D eigenvalue weighted by Gasteiger charge is -2.11. The van der Waals surface area contributed by atoms with Crippen LogP contribution >= 0.6 is 0 Å². The molecule has 0 saturated heterocycles. The molecule has 0 unspecified atom stereocenters. The quantitative estimate of drug-likeness (QED) is 0.769. The lowest BCUT2D eigenvalue weighted by molar-refractivity contribution is 0.101. The number of ketones is 1. The van der Waals surface area contributed by atoms with Crippen molar-refractivity contribution in [2.75, 3.05) is 20.8 Å². The van der Waals surface area contributed by atoms with E-state index in [2.05, 4.69) is 0 Å². The molecule has 0 atom stereocenters. The van der Waals surface area contributed by atoms with Crippen molar-refractivity contribution in [3.63, 3.8) is 0 Å². The summed E-state index contributed by atoms with van der Waals surface area (Å²) in [6.07, 6.45) is 1.67. The molecule has 0 bridgehead atoms. The molecule has 0 aliphatic carbocycles. The maximum absolute atomic E-state index is 12.7. The Kier molecular flexibility index (Phi) is 4.65. The van der Waals surface area contributed by atoms with E-state index in [4.69, 9.17) is 18.9 Å². The van der Waals surface area contributed by atoms with Gasteiger partial charge in [-0.05, 0) is 38.1 Å². The van der Waals surface area contributed by atoms with Gasteiger partial charge in [0.1, 0.15) is 11.5 Å². The highest BCUT2D eigenvalue weighted by Crippen LogP contribution is 2.40. The van der Waals surface area contributed by atoms with Crippen LogP contribution in [0, 0.1) is 6.92 Å². The number of methoxy groups -OCH3 is 2. The standard InChI is InChI=1S/C20H20O5/c1-5-24-15-10-9-14-18(21)17(25-19(14)12(15)2)11-13-7-6-8-16(22-3)20(13)23-4/h6-11H,5H2,1-4H3/b17-11-. The Labute approximate surface area is 146 Å². The number of carbonyl (C=O) groups is 1. The molecule has 2 aromatic rings. The van der Waals surface area contributed by atoms with Crippen LogP contribution in [0.5, 0.6) is 23.0 Å². The Morgan fingerprint density at radius 3 is 2.56 bits per heavy atom. The van der Waals surface area contributed by atoms with Crippen LogP contribution in [-0.2, 0) is 0 Å². The summed E-state index contributed by atoms with van der Waals surface area (Å²) in [7, 11) is 3.13. The van der Waals surface area contributed by atoms with E-state index in [9.17, 15) is 4.79 Å². The average Bonchev–Trinajstić information content (AvgIpc) is 2.94. The van der Waals surface area contributed by atoms with E-state index in [-0.39, 0.29) is 11.5 Å². The molecule has 5 heteroatoms. The molecule has 25 heavy (non-hydrogen) atoms. The number of Topliss-reactive ketones (excluding diaryl/α,β-unsaturated/α-hetero) is 1. The third-order valence-corrected chi connectivity index (χ3v) is 4.06. The normalized spacial score (nSPS) is 14.2. The zero-order valence-electron chi connectivity index (χ0n) is 14.7. The summed E-state index contributed by atoms with van der Waals surface area (Å²) in [6.45, 7) is 4.35. The minimum Gasteiger partial charge on any atom is -0.493 e. The summed E-state index contributed by atoms with van der Waals surface area (Å²) in [4.78, 5) is 12.7. The lowest BCUT2D eigenvalue weighted by Crippen LogP contribution is -1.99. The Hall–Kier alpha value is -2.95. The van der Waals surface area contributed by atoms with Gasteiger partial charge < -0.3 is 18.9 Å². The molecule has 5 nitrogen and oxygen atoms in total. The number of carbonyl (C=O) groups excluding carboxylic acids is 1. The first-order chi connectivity index (χ1) is 12.1. The van der Waals surface area contributed by atoms with Gasteiger partial charge in [0, 0.05) is 11.1 Å². The zero-order chi connectivity index (χ0) is 18.0. The van der Waals surface area contributed by atoms with Gasteiger partial charge in [-0.2, -0.15) is 0 Å². The smallest absolute Gasteiger partial charge is 0.231 e. The van der Waals surface area contributed by atoms with Crippen LogP contribution in [0.2, 0.25) is 0 Å². The van der Waals surface area contributed by atoms with Crippen LogP contribution < -0.4 is 18.9 Å². The average molecular weight is 340 g/mol. The molecule has 0 amide bonds. The molecule has 1 aliphatic rings. The number of ether oxygens (including phenoxy) is 4. The molecular formula is C20H20O5. The fraction of sp³-hybridized carbons (Fsp3) is 0.250. The molecular weight excluding hydrogens is 320 g/mol. The first-order valence-electron chi connectivity index (χ1n) is 8.02. The molecule has 3 rings (SSSR count). The Balaban J connectivity index is 2.02. The predicted molar refractivity (Wildman–Crippen MR) is 94.8 cm³/mol. The summed E-state index contributed by atoms with van der Waals surface area (Å²) in [5.74, 6) is 2.49. The van der Waals surface area contributed by atoms with Crippen molar-refractivity contribution < 1.29 is 23.7 Å². The fourth-order valence-corrected chi connectivity index (χ4v) is 2.85. The Morgan fingerprint density at radius 2 is 1.88 bits per heavy atom. The summed E-state index contributed by atoms with van der Waals surface area (Å²) in [5.41, 5.74) is 2.06. The number of para-hydroxylation sites is 1. The number of benzene rings is 2. The molecule has 0 spiro atoms. The first kappa shape index (κ1) is 16.9. The van der Waals surface area contributed by atoms with E-state index in [1.165, 1.54) is 0 Å². The van der Waals surface area contributed by atoms with Gasteiger partial charge in [-0.25, -0.2) is 0 Å². The number of hydrogen-bond acceptors (Lipinski definition) is 5. The van der Waals surface area contributed by atoms with E-state index < -0.39 is 0 Å². The van der Waals surface area contributed by atoms with Gasteiger partial charge in [0.2, 0.25) is 5.78 Å². The maximum Gasteiger partial charge on any atom is 0.231 e. The number of hydrogen-bond donors (Lipinski definition) is 0. The minimum absolute atomic E-state index is 0.161. The predicted octanol–water partition coefficient (Wildman–Crippen LogP) is 4.03. The van der Waals surface area contributed by atoms with Crippen LogP contribution in [0.15, 0.2) is 36.1 Å². The van der Waals surface area contributed by atoms with Crippen molar-refractivity contribution in [1.82, 2.24) is 0 Å². The van der Waals surface area contributed by atoms with Crippen LogP contribution in [0.25, 0.3) is 6.08 Å². The van der Waals surface area contributed by atoms with Crippen molar-refractivity contribution in [3.05, 3.63) is 52.8 Å². The number of rotatable bonds is 5. The maximum atomic E-state index is 12.7. The van der Waals surface area contributed by atoms with Gasteiger partial charge in [-0.3, -0.25) is 4.79 Å². The third kappa shape index (κ3) is 2.93. The second kappa shape index (κ2) is 6.89. The molecule has 1 aliphatic heterocycles. The van der Waals surface area contributed by atoms with Crippen LogP contribution in [0.1, 0.15) is 28.4 Å². The monoisotopic (exact) mass is 340 g/mol. The summed E-state index contributed by atoms with van der Waals surface area (Å²) >= 11 is 0. The van der Waals surface area contributed by atoms with Crippen LogP contribution in [-0.4, -0.2) is 26.6 Å². The van der Waals surface area contributed by atoms with Gasteiger partial charge in [-0.15, -0.1) is 0 Å². The van der Waals surface area contributed by atoms with E-state index in [1.54, 1.807) is 38.5 Å². The van der Waals surface area contributed by atoms with Crippen molar-refractivity contribution in [2.45, 2.75) is 13.8 Å². The number of fused-ring (bicyclic) bond motifs is 1. The van der Waals surface area contributed by atoms with Gasteiger partial charge >= 0.3 is 0 Å². The van der Waals surface area contributed by atoms with Crippen molar-refractivity contribution in [2.24, 2.45) is 0 Å². The number of allylic oxidation sites excluding steroid dienone is 1. The van der Waals surface area contributed by atoms with E-state index in [1.807, 2.05) is 26.0 Å². The second-order valence-electron chi connectivity index (χ2n) is 5.52. The Morgan fingerprint density at radius 1 is 1.08 bits per heavy atom. The topological polar surface area (TPSA) is 54.0 Å². The molecule has 0 radical (unpaired) electrons. The van der Waals surface area contributed by atoms with Gasteiger partial charge in [-0.1, -0.05) is 12.1 Å². The SMILES string of the molecule is CCOc1ccc2c(c1C)O/C(=C\c1cccc(OC)c1OC)C2=O. The molecule has 1 heterocycles. The van der Waals surface area contributed by atoms with Crippen molar-refractivity contribution in [1.29, 1.82) is 0 Å². The first-order valence-corrected chi connectivity index (χ1v) is 8.02. The molecule has 0 fully saturated rings. The van der Waals surface area contributed by atoms with E-state index >= 15 is 0 Å². The highest BCUT2D eigenvalue weighted by Gasteiger charge is 2.30. The highest BCUT2D eigenvalue weighted by atomic mass is 16.5. The zero-order valence-corrected chi connectivity index (χ0v) is 14.7. The Bertz CT molecular complexity index is 851. The molecule has 0 N–H and O–H groups in total. The molecule has 0 aromatic heterocycles. The fourth-order valence-electron chi connectivity index (χ4n) is 2.85. The second-order valence-corrected chi connectivity index (χ2v) is 5.52. The van der Waals surface area contributed by atoms with E-state index in [0.717, 1.165) is 5.56 Å². The molecule has 2 aromatic carbocycles. The van der Waals surface area contributed by atoms with Crippen LogP contribution in [0.4, 0.5) is 0 Å².